The lowest BCUT2D eigenvalue weighted by Crippen LogP contribution is -2.25. The van der Waals surface area contributed by atoms with Crippen LogP contribution >= 0.6 is 0 Å². The number of amides is 1. The summed E-state index contributed by atoms with van der Waals surface area (Å²) in [6.07, 6.45) is 4.00. The van der Waals surface area contributed by atoms with Crippen LogP contribution in [0.3, 0.4) is 0 Å². The number of ether oxygens (including phenoxy) is 1. The maximum atomic E-state index is 13.5. The van der Waals surface area contributed by atoms with E-state index >= 15 is 0 Å². The molecule has 0 saturated heterocycles. The van der Waals surface area contributed by atoms with E-state index in [1.165, 1.54) is 23.0 Å². The maximum Gasteiger partial charge on any atom is 0.331 e. The molecule has 0 atom stereocenters. The van der Waals surface area contributed by atoms with Gasteiger partial charge in [0.25, 0.3) is 0 Å². The minimum atomic E-state index is -0.372. The fourth-order valence-electron chi connectivity index (χ4n) is 4.17. The zero-order valence-electron chi connectivity index (χ0n) is 18.5. The van der Waals surface area contributed by atoms with Crippen molar-refractivity contribution in [1.29, 1.82) is 0 Å². The summed E-state index contributed by atoms with van der Waals surface area (Å²) in [5, 5.41) is 13.8. The highest BCUT2D eigenvalue weighted by molar-refractivity contribution is 5.98. The second kappa shape index (κ2) is 8.65. The fraction of sp³-hybridized carbons (Fsp3) is 0.120. The van der Waals surface area contributed by atoms with Gasteiger partial charge in [0.1, 0.15) is 17.9 Å². The van der Waals surface area contributed by atoms with Gasteiger partial charge in [-0.2, -0.15) is 5.10 Å². The van der Waals surface area contributed by atoms with Crippen LogP contribution in [0.15, 0.2) is 67.1 Å². The number of anilines is 1. The summed E-state index contributed by atoms with van der Waals surface area (Å²) in [4.78, 5) is 21.6. The van der Waals surface area contributed by atoms with Gasteiger partial charge in [-0.1, -0.05) is 12.1 Å². The van der Waals surface area contributed by atoms with Crippen LogP contribution in [-0.2, 0) is 13.0 Å². The van der Waals surface area contributed by atoms with E-state index in [0.717, 1.165) is 29.6 Å². The number of fused-ring (bicyclic) bond motifs is 2. The molecule has 0 aliphatic carbocycles. The van der Waals surface area contributed by atoms with E-state index in [4.69, 9.17) is 4.74 Å². The Kier molecular flexibility index (Phi) is 5.19. The summed E-state index contributed by atoms with van der Waals surface area (Å²) >= 11 is 0. The molecule has 35 heavy (non-hydrogen) atoms. The van der Waals surface area contributed by atoms with Crippen LogP contribution in [0.5, 0.6) is 11.6 Å². The molecule has 6 rings (SSSR count). The van der Waals surface area contributed by atoms with E-state index in [9.17, 15) is 9.18 Å². The summed E-state index contributed by atoms with van der Waals surface area (Å²) in [5.74, 6) is 1.17. The zero-order valence-corrected chi connectivity index (χ0v) is 18.5. The van der Waals surface area contributed by atoms with E-state index in [1.807, 2.05) is 18.2 Å². The number of H-pyrrole nitrogens is 1. The van der Waals surface area contributed by atoms with Crippen LogP contribution in [0.1, 0.15) is 11.3 Å². The van der Waals surface area contributed by atoms with Crippen molar-refractivity contribution in [2.24, 2.45) is 0 Å². The maximum absolute atomic E-state index is 13.5. The van der Waals surface area contributed by atoms with Crippen molar-refractivity contribution in [2.45, 2.75) is 13.0 Å². The highest BCUT2D eigenvalue weighted by Gasteiger charge is 2.17. The number of benzene rings is 2. The van der Waals surface area contributed by atoms with Crippen LogP contribution in [0.2, 0.25) is 0 Å². The number of rotatable bonds is 4. The second-order valence-electron chi connectivity index (χ2n) is 8.15. The van der Waals surface area contributed by atoms with Gasteiger partial charge in [0, 0.05) is 35.3 Å². The molecule has 2 aromatic carbocycles. The van der Waals surface area contributed by atoms with Crippen LogP contribution in [0.4, 0.5) is 15.0 Å². The number of nitrogens with one attached hydrogen (secondary N) is 3. The number of carbonyl (C=O) groups excluding carboxylic acids is 1. The Morgan fingerprint density at radius 1 is 1.11 bits per heavy atom. The standard InChI is InChI=1S/C25H20FN7O2/c26-17-3-1-2-15(10-17)20-12-23(32-31-20)30-25(34)33-9-7-16-11-18(4-5-22(16)33)35-24-19-6-8-27-13-21(19)28-14-29-24/h1-5,7,9-12,14,27H,6,8,13H2,(H2,30,31,32,34). The van der Waals surface area contributed by atoms with Gasteiger partial charge in [-0.15, -0.1) is 0 Å². The molecule has 0 fully saturated rings. The van der Waals surface area contributed by atoms with Gasteiger partial charge in [0.15, 0.2) is 5.82 Å². The Morgan fingerprint density at radius 3 is 2.97 bits per heavy atom. The first-order valence-corrected chi connectivity index (χ1v) is 11.1. The van der Waals surface area contributed by atoms with E-state index < -0.39 is 0 Å². The molecule has 1 aliphatic rings. The molecule has 9 nitrogen and oxygen atoms in total. The van der Waals surface area contributed by atoms with Crippen molar-refractivity contribution in [1.82, 2.24) is 30.0 Å². The van der Waals surface area contributed by atoms with Gasteiger partial charge in [0.05, 0.1) is 16.9 Å². The third-order valence-corrected chi connectivity index (χ3v) is 5.88. The van der Waals surface area contributed by atoms with Crippen molar-refractivity contribution in [3.63, 3.8) is 0 Å². The van der Waals surface area contributed by atoms with Crippen molar-refractivity contribution < 1.29 is 13.9 Å². The van der Waals surface area contributed by atoms with E-state index in [2.05, 4.69) is 30.8 Å². The Hall–Kier alpha value is -4.57. The molecule has 0 unspecified atom stereocenters. The van der Waals surface area contributed by atoms with Crippen molar-refractivity contribution >= 4 is 22.8 Å². The highest BCUT2D eigenvalue weighted by Crippen LogP contribution is 2.29. The molecule has 0 saturated carbocycles. The number of halogens is 1. The van der Waals surface area contributed by atoms with Gasteiger partial charge in [-0.25, -0.2) is 19.2 Å². The summed E-state index contributed by atoms with van der Waals surface area (Å²) in [5.41, 5.74) is 3.91. The number of carbonyl (C=O) groups is 1. The van der Waals surface area contributed by atoms with Crippen LogP contribution in [0.25, 0.3) is 22.2 Å². The van der Waals surface area contributed by atoms with Crippen LogP contribution in [0, 0.1) is 5.82 Å². The SMILES string of the molecule is O=C(Nc1cc(-c2cccc(F)c2)[nH]n1)n1ccc2cc(Oc3ncnc4c3CCNC4)ccc21. The predicted octanol–water partition coefficient (Wildman–Crippen LogP) is 4.48. The number of aromatic amines is 1. The third kappa shape index (κ3) is 4.11. The summed E-state index contributed by atoms with van der Waals surface area (Å²) in [6.45, 7) is 1.55. The largest absolute Gasteiger partial charge is 0.439 e. The minimum absolute atomic E-state index is 0.332. The minimum Gasteiger partial charge on any atom is -0.439 e. The number of nitrogens with zero attached hydrogens (tertiary/aromatic N) is 4. The molecule has 5 aromatic rings. The Labute approximate surface area is 199 Å². The lowest BCUT2D eigenvalue weighted by Gasteiger charge is -2.18. The smallest absolute Gasteiger partial charge is 0.331 e. The Bertz CT molecular complexity index is 1560. The van der Waals surface area contributed by atoms with Gasteiger partial charge in [0.2, 0.25) is 5.88 Å². The molecular formula is C25H20FN7O2. The summed E-state index contributed by atoms with van der Waals surface area (Å²) in [7, 11) is 0. The fourth-order valence-corrected chi connectivity index (χ4v) is 4.17. The Balaban J connectivity index is 1.21. The van der Waals surface area contributed by atoms with Crippen molar-refractivity contribution in [3.8, 4) is 22.9 Å². The first-order chi connectivity index (χ1) is 17.1. The van der Waals surface area contributed by atoms with Gasteiger partial charge in [-0.3, -0.25) is 15.0 Å². The molecule has 3 N–H and O–H groups in total. The molecule has 10 heteroatoms. The van der Waals surface area contributed by atoms with Crippen LogP contribution in [-0.4, -0.2) is 37.3 Å². The van der Waals surface area contributed by atoms with Crippen LogP contribution < -0.4 is 15.4 Å². The molecule has 0 radical (unpaired) electrons. The van der Waals surface area contributed by atoms with Crippen molar-refractivity contribution in [3.05, 3.63) is 84.2 Å². The lowest BCUT2D eigenvalue weighted by molar-refractivity contribution is 0.254. The number of hydrogen-bond donors (Lipinski definition) is 3. The normalized spacial score (nSPS) is 12.9. The summed E-state index contributed by atoms with van der Waals surface area (Å²) in [6, 6.07) is 14.8. The van der Waals surface area contributed by atoms with Gasteiger partial charge >= 0.3 is 6.03 Å². The predicted molar refractivity (Wildman–Crippen MR) is 128 cm³/mol. The molecule has 0 bridgehead atoms. The Morgan fingerprint density at radius 2 is 2.06 bits per heavy atom. The molecule has 174 valence electrons. The molecule has 3 aromatic heterocycles. The number of aromatic nitrogens is 5. The van der Waals surface area contributed by atoms with Gasteiger partial charge < -0.3 is 10.1 Å². The average molecular weight is 469 g/mol. The number of hydrogen-bond acceptors (Lipinski definition) is 6. The second-order valence-corrected chi connectivity index (χ2v) is 8.15. The summed E-state index contributed by atoms with van der Waals surface area (Å²) < 4.78 is 21.1. The molecule has 0 spiro atoms. The van der Waals surface area contributed by atoms with Gasteiger partial charge in [-0.05, 0) is 49.4 Å². The third-order valence-electron chi connectivity index (χ3n) is 5.88. The van der Waals surface area contributed by atoms with Crippen molar-refractivity contribution in [2.75, 3.05) is 11.9 Å². The quantitative estimate of drug-likeness (QED) is 0.358. The zero-order chi connectivity index (χ0) is 23.8. The van der Waals surface area contributed by atoms with E-state index in [-0.39, 0.29) is 11.8 Å². The monoisotopic (exact) mass is 469 g/mol. The first-order valence-electron chi connectivity index (χ1n) is 11.1. The highest BCUT2D eigenvalue weighted by atomic mass is 19.1. The average Bonchev–Trinajstić information content (AvgIpc) is 3.51. The topological polar surface area (TPSA) is 110 Å². The van der Waals surface area contributed by atoms with E-state index in [0.29, 0.717) is 40.8 Å². The molecule has 4 heterocycles. The molecule has 1 aliphatic heterocycles. The first kappa shape index (κ1) is 21.0. The lowest BCUT2D eigenvalue weighted by atomic mass is 10.1. The molecular weight excluding hydrogens is 449 g/mol. The molecule has 1 amide bonds. The van der Waals surface area contributed by atoms with E-state index in [1.54, 1.807) is 30.5 Å².